The predicted molar refractivity (Wildman–Crippen MR) is 128 cm³/mol. The Morgan fingerprint density at radius 3 is 2.36 bits per heavy atom. The number of ether oxygens (including phenoxy) is 2. The Balaban J connectivity index is 1.29. The van der Waals surface area contributed by atoms with Gasteiger partial charge in [-0.3, -0.25) is 25.2 Å². The lowest BCUT2D eigenvalue weighted by Crippen LogP contribution is -2.43. The number of carbonyl (C=O) groups excluding carboxylic acids is 3. The number of amides is 2. The number of esters is 1. The van der Waals surface area contributed by atoms with E-state index in [1.165, 1.54) is 5.56 Å². The normalized spacial score (nSPS) is 10.5. The highest BCUT2D eigenvalue weighted by Crippen LogP contribution is 2.32. The van der Waals surface area contributed by atoms with Gasteiger partial charge in [0.05, 0.1) is 17.5 Å². The van der Waals surface area contributed by atoms with Crippen LogP contribution in [-0.4, -0.2) is 31.0 Å². The number of carbonyl (C=O) groups is 3. The second kappa shape index (κ2) is 12.6. The SMILES string of the molecule is O=C(CCC(=O)OCCCc1ccccc1)NNC(=O)COc1ccc2ccccc2c1Br. The summed E-state index contributed by atoms with van der Waals surface area (Å²) >= 11 is 3.49. The quantitative estimate of drug-likeness (QED) is 0.242. The Labute approximate surface area is 200 Å². The van der Waals surface area contributed by atoms with Crippen LogP contribution in [0.25, 0.3) is 10.8 Å². The molecule has 0 aliphatic rings. The van der Waals surface area contributed by atoms with E-state index in [0.29, 0.717) is 18.8 Å². The van der Waals surface area contributed by atoms with Gasteiger partial charge in [-0.1, -0.05) is 60.7 Å². The van der Waals surface area contributed by atoms with E-state index in [0.717, 1.165) is 21.7 Å². The van der Waals surface area contributed by atoms with Gasteiger partial charge in [-0.15, -0.1) is 0 Å². The van der Waals surface area contributed by atoms with Crippen molar-refractivity contribution in [2.75, 3.05) is 13.2 Å². The summed E-state index contributed by atoms with van der Waals surface area (Å²) in [5, 5.41) is 2.01. The van der Waals surface area contributed by atoms with Gasteiger partial charge in [0.15, 0.2) is 6.61 Å². The van der Waals surface area contributed by atoms with E-state index in [1.807, 2.05) is 60.7 Å². The monoisotopic (exact) mass is 512 g/mol. The summed E-state index contributed by atoms with van der Waals surface area (Å²) in [5.41, 5.74) is 5.72. The van der Waals surface area contributed by atoms with E-state index < -0.39 is 17.8 Å². The average Bonchev–Trinajstić information content (AvgIpc) is 2.84. The maximum atomic E-state index is 12.0. The van der Waals surface area contributed by atoms with E-state index in [2.05, 4.69) is 26.8 Å². The molecule has 3 aromatic rings. The van der Waals surface area contributed by atoms with Gasteiger partial charge in [0.1, 0.15) is 5.75 Å². The van der Waals surface area contributed by atoms with Crippen LogP contribution in [0, 0.1) is 0 Å². The molecular formula is C25H25BrN2O5. The molecule has 0 aromatic heterocycles. The van der Waals surface area contributed by atoms with Crippen molar-refractivity contribution in [1.29, 1.82) is 0 Å². The number of halogens is 1. The number of hydrogen-bond acceptors (Lipinski definition) is 5. The third-order valence-corrected chi connectivity index (χ3v) is 5.62. The molecule has 0 aliphatic heterocycles. The van der Waals surface area contributed by atoms with Crippen LogP contribution in [0.3, 0.4) is 0 Å². The highest BCUT2D eigenvalue weighted by molar-refractivity contribution is 9.10. The van der Waals surface area contributed by atoms with Crippen LogP contribution in [0.2, 0.25) is 0 Å². The highest BCUT2D eigenvalue weighted by atomic mass is 79.9. The van der Waals surface area contributed by atoms with Crippen molar-refractivity contribution in [2.45, 2.75) is 25.7 Å². The number of aryl methyl sites for hydroxylation is 1. The summed E-state index contributed by atoms with van der Waals surface area (Å²) in [4.78, 5) is 35.6. The van der Waals surface area contributed by atoms with Crippen molar-refractivity contribution in [1.82, 2.24) is 10.9 Å². The van der Waals surface area contributed by atoms with Crippen LogP contribution in [-0.2, 0) is 25.5 Å². The first-order chi connectivity index (χ1) is 16.0. The fourth-order valence-corrected chi connectivity index (χ4v) is 3.71. The Kier molecular flexibility index (Phi) is 9.26. The van der Waals surface area contributed by atoms with Gasteiger partial charge in [0.2, 0.25) is 5.91 Å². The number of fused-ring (bicyclic) bond motifs is 1. The van der Waals surface area contributed by atoms with Crippen LogP contribution in [0.4, 0.5) is 0 Å². The Morgan fingerprint density at radius 1 is 0.818 bits per heavy atom. The molecule has 0 heterocycles. The second-order valence-electron chi connectivity index (χ2n) is 7.29. The zero-order chi connectivity index (χ0) is 23.5. The number of benzene rings is 3. The number of hydrogen-bond donors (Lipinski definition) is 2. The third-order valence-electron chi connectivity index (χ3n) is 4.80. The van der Waals surface area contributed by atoms with Crippen molar-refractivity contribution < 1.29 is 23.9 Å². The standard InChI is InChI=1S/C25H25BrN2O5/c26-25-20-11-5-4-10-19(20)12-13-21(25)33-17-23(30)28-27-22(29)14-15-24(31)32-16-6-9-18-7-2-1-3-8-18/h1-5,7-8,10-13H,6,9,14-17H2,(H,27,29)(H,28,30). The maximum Gasteiger partial charge on any atom is 0.306 e. The maximum absolute atomic E-state index is 12.0. The summed E-state index contributed by atoms with van der Waals surface area (Å²) in [6, 6.07) is 21.4. The van der Waals surface area contributed by atoms with Crippen molar-refractivity contribution in [3.05, 3.63) is 76.8 Å². The second-order valence-corrected chi connectivity index (χ2v) is 8.09. The first-order valence-corrected chi connectivity index (χ1v) is 11.4. The summed E-state index contributed by atoms with van der Waals surface area (Å²) in [6.07, 6.45) is 1.38. The van der Waals surface area contributed by atoms with Gasteiger partial charge in [-0.25, -0.2) is 0 Å². The largest absolute Gasteiger partial charge is 0.483 e. The van der Waals surface area contributed by atoms with E-state index in [-0.39, 0.29) is 19.4 Å². The lowest BCUT2D eigenvalue weighted by Gasteiger charge is -2.11. The molecule has 2 N–H and O–H groups in total. The zero-order valence-electron chi connectivity index (χ0n) is 18.0. The molecule has 0 saturated carbocycles. The summed E-state index contributed by atoms with van der Waals surface area (Å²) < 4.78 is 11.4. The van der Waals surface area contributed by atoms with Gasteiger partial charge in [-0.2, -0.15) is 0 Å². The van der Waals surface area contributed by atoms with Crippen molar-refractivity contribution in [3.8, 4) is 5.75 Å². The van der Waals surface area contributed by atoms with E-state index in [9.17, 15) is 14.4 Å². The minimum absolute atomic E-state index is 0.0619. The lowest BCUT2D eigenvalue weighted by atomic mass is 10.1. The third kappa shape index (κ3) is 7.91. The molecule has 0 radical (unpaired) electrons. The number of rotatable bonds is 10. The molecular weight excluding hydrogens is 488 g/mol. The minimum Gasteiger partial charge on any atom is -0.483 e. The van der Waals surface area contributed by atoms with Crippen LogP contribution >= 0.6 is 15.9 Å². The molecule has 33 heavy (non-hydrogen) atoms. The van der Waals surface area contributed by atoms with Crippen molar-refractivity contribution in [3.63, 3.8) is 0 Å². The van der Waals surface area contributed by atoms with Crippen molar-refractivity contribution in [2.24, 2.45) is 0 Å². The van der Waals surface area contributed by atoms with Gasteiger partial charge in [-0.05, 0) is 51.2 Å². The van der Waals surface area contributed by atoms with Crippen LogP contribution < -0.4 is 15.6 Å². The van der Waals surface area contributed by atoms with E-state index in [4.69, 9.17) is 9.47 Å². The molecule has 7 nitrogen and oxygen atoms in total. The van der Waals surface area contributed by atoms with Gasteiger partial charge < -0.3 is 9.47 Å². The molecule has 0 aliphatic carbocycles. The summed E-state index contributed by atoms with van der Waals surface area (Å²) in [5.74, 6) is -0.942. The Hall–Kier alpha value is -3.39. The summed E-state index contributed by atoms with van der Waals surface area (Å²) in [7, 11) is 0. The average molecular weight is 513 g/mol. The van der Waals surface area contributed by atoms with Crippen LogP contribution in [0.1, 0.15) is 24.8 Å². The topological polar surface area (TPSA) is 93.7 Å². The van der Waals surface area contributed by atoms with Gasteiger partial charge in [0, 0.05) is 6.42 Å². The molecule has 3 aromatic carbocycles. The predicted octanol–water partition coefficient (Wildman–Crippen LogP) is 4.08. The molecule has 172 valence electrons. The number of hydrazine groups is 1. The first kappa shape index (κ1) is 24.3. The molecule has 0 spiro atoms. The molecule has 0 unspecified atom stereocenters. The fraction of sp³-hybridized carbons (Fsp3) is 0.240. The first-order valence-electron chi connectivity index (χ1n) is 10.6. The molecule has 0 atom stereocenters. The molecule has 0 fully saturated rings. The van der Waals surface area contributed by atoms with Crippen LogP contribution in [0.15, 0.2) is 71.2 Å². The molecule has 0 bridgehead atoms. The highest BCUT2D eigenvalue weighted by Gasteiger charge is 2.11. The minimum atomic E-state index is -0.521. The summed E-state index contributed by atoms with van der Waals surface area (Å²) in [6.45, 7) is 0.0223. The van der Waals surface area contributed by atoms with Crippen molar-refractivity contribution >= 4 is 44.5 Å². The van der Waals surface area contributed by atoms with Gasteiger partial charge >= 0.3 is 5.97 Å². The molecule has 2 amide bonds. The molecule has 8 heteroatoms. The number of nitrogens with one attached hydrogen (secondary N) is 2. The van der Waals surface area contributed by atoms with E-state index in [1.54, 1.807) is 6.07 Å². The lowest BCUT2D eigenvalue weighted by molar-refractivity contribution is -0.145. The molecule has 3 rings (SSSR count). The Morgan fingerprint density at radius 2 is 1.55 bits per heavy atom. The van der Waals surface area contributed by atoms with Gasteiger partial charge in [0.25, 0.3) is 5.91 Å². The zero-order valence-corrected chi connectivity index (χ0v) is 19.6. The fourth-order valence-electron chi connectivity index (χ4n) is 3.10. The smallest absolute Gasteiger partial charge is 0.306 e. The van der Waals surface area contributed by atoms with E-state index >= 15 is 0 Å². The molecule has 0 saturated heterocycles. The van der Waals surface area contributed by atoms with Crippen LogP contribution in [0.5, 0.6) is 5.75 Å². The Bertz CT molecular complexity index is 1100.